The number of fused-ring (bicyclic) bond motifs is 1. The molecule has 0 radical (unpaired) electrons. The van der Waals surface area contributed by atoms with E-state index in [1.54, 1.807) is 31.2 Å². The fourth-order valence-electron chi connectivity index (χ4n) is 2.11. The quantitative estimate of drug-likeness (QED) is 0.693. The van der Waals surface area contributed by atoms with Gasteiger partial charge in [0, 0.05) is 0 Å². The minimum Gasteiger partial charge on any atom is -0.481 e. The first-order valence-corrected chi connectivity index (χ1v) is 7.99. The number of thiazole rings is 1. The first-order chi connectivity index (χ1) is 10.9. The SMILES string of the molecule is CC(C(=O)O)c1ccc(Nc2nc3ccc(F)cc3s2)c(Cl)c1. The van der Waals surface area contributed by atoms with Crippen molar-refractivity contribution in [2.75, 3.05) is 5.32 Å². The van der Waals surface area contributed by atoms with Crippen LogP contribution in [0.15, 0.2) is 36.4 Å². The van der Waals surface area contributed by atoms with Crippen molar-refractivity contribution in [2.45, 2.75) is 12.8 Å². The van der Waals surface area contributed by atoms with Crippen molar-refractivity contribution in [2.24, 2.45) is 0 Å². The van der Waals surface area contributed by atoms with Crippen molar-refractivity contribution in [3.63, 3.8) is 0 Å². The summed E-state index contributed by atoms with van der Waals surface area (Å²) in [4.78, 5) is 15.4. The lowest BCUT2D eigenvalue weighted by Gasteiger charge is -2.10. The maximum absolute atomic E-state index is 13.2. The standard InChI is InChI=1S/C16H12ClFN2O2S/c1-8(15(21)22)9-2-4-12(11(17)6-9)19-16-20-13-5-3-10(18)7-14(13)23-16/h2-8H,1H3,(H,19,20)(H,21,22). The van der Waals surface area contributed by atoms with E-state index in [1.165, 1.54) is 23.5 Å². The molecule has 0 aliphatic rings. The van der Waals surface area contributed by atoms with Gasteiger partial charge in [-0.2, -0.15) is 0 Å². The van der Waals surface area contributed by atoms with Gasteiger partial charge in [-0.05, 0) is 42.8 Å². The van der Waals surface area contributed by atoms with Gasteiger partial charge in [-0.1, -0.05) is 29.0 Å². The summed E-state index contributed by atoms with van der Waals surface area (Å²) in [6.07, 6.45) is 0. The molecule has 1 unspecified atom stereocenters. The average Bonchev–Trinajstić information content (AvgIpc) is 2.89. The van der Waals surface area contributed by atoms with Gasteiger partial charge in [0.05, 0.1) is 26.8 Å². The fraction of sp³-hybridized carbons (Fsp3) is 0.125. The van der Waals surface area contributed by atoms with E-state index in [4.69, 9.17) is 16.7 Å². The van der Waals surface area contributed by atoms with E-state index < -0.39 is 11.9 Å². The molecule has 1 aromatic heterocycles. The normalized spacial score (nSPS) is 12.3. The van der Waals surface area contributed by atoms with Gasteiger partial charge in [0.25, 0.3) is 0 Å². The third kappa shape index (κ3) is 3.28. The summed E-state index contributed by atoms with van der Waals surface area (Å²) in [6.45, 7) is 1.60. The van der Waals surface area contributed by atoms with E-state index >= 15 is 0 Å². The summed E-state index contributed by atoms with van der Waals surface area (Å²) < 4.78 is 13.9. The molecular formula is C16H12ClFN2O2S. The molecule has 23 heavy (non-hydrogen) atoms. The molecular weight excluding hydrogens is 339 g/mol. The zero-order valence-electron chi connectivity index (χ0n) is 12.0. The molecule has 0 spiro atoms. The summed E-state index contributed by atoms with van der Waals surface area (Å²) in [7, 11) is 0. The van der Waals surface area contributed by atoms with Crippen LogP contribution in [0.5, 0.6) is 0 Å². The highest BCUT2D eigenvalue weighted by molar-refractivity contribution is 7.22. The number of aliphatic carboxylic acids is 1. The molecule has 0 bridgehead atoms. The predicted octanol–water partition coefficient (Wildman–Crippen LogP) is 5.02. The zero-order chi connectivity index (χ0) is 16.6. The molecule has 1 atom stereocenters. The Morgan fingerprint density at radius 3 is 2.83 bits per heavy atom. The Morgan fingerprint density at radius 1 is 1.35 bits per heavy atom. The molecule has 7 heteroatoms. The first-order valence-electron chi connectivity index (χ1n) is 6.79. The van der Waals surface area contributed by atoms with Crippen LogP contribution in [0.25, 0.3) is 10.2 Å². The zero-order valence-corrected chi connectivity index (χ0v) is 13.6. The second-order valence-corrected chi connectivity index (χ2v) is 6.49. The lowest BCUT2D eigenvalue weighted by Crippen LogP contribution is -2.07. The molecule has 1 heterocycles. The van der Waals surface area contributed by atoms with Crippen molar-refractivity contribution in [1.82, 2.24) is 4.98 Å². The summed E-state index contributed by atoms with van der Waals surface area (Å²) in [6, 6.07) is 9.45. The van der Waals surface area contributed by atoms with Gasteiger partial charge >= 0.3 is 5.97 Å². The third-order valence-corrected chi connectivity index (χ3v) is 4.70. The maximum Gasteiger partial charge on any atom is 0.310 e. The molecule has 0 fully saturated rings. The second kappa shape index (κ2) is 6.14. The monoisotopic (exact) mass is 350 g/mol. The Hall–Kier alpha value is -2.18. The Labute approximate surface area is 140 Å². The van der Waals surface area contributed by atoms with Crippen LogP contribution in [0.1, 0.15) is 18.4 Å². The molecule has 0 aliphatic heterocycles. The van der Waals surface area contributed by atoms with Crippen LogP contribution in [-0.4, -0.2) is 16.1 Å². The number of benzene rings is 2. The maximum atomic E-state index is 13.2. The smallest absolute Gasteiger partial charge is 0.310 e. The van der Waals surface area contributed by atoms with Crippen molar-refractivity contribution in [3.8, 4) is 0 Å². The number of carboxylic acid groups (broad SMARTS) is 1. The average molecular weight is 351 g/mol. The van der Waals surface area contributed by atoms with E-state index in [-0.39, 0.29) is 5.82 Å². The molecule has 2 aromatic carbocycles. The highest BCUT2D eigenvalue weighted by Gasteiger charge is 2.15. The Morgan fingerprint density at radius 2 is 2.13 bits per heavy atom. The van der Waals surface area contributed by atoms with Gasteiger partial charge < -0.3 is 10.4 Å². The number of nitrogens with one attached hydrogen (secondary N) is 1. The van der Waals surface area contributed by atoms with Crippen LogP contribution in [-0.2, 0) is 4.79 Å². The molecule has 2 N–H and O–H groups in total. The topological polar surface area (TPSA) is 62.2 Å². The van der Waals surface area contributed by atoms with Crippen molar-refractivity contribution < 1.29 is 14.3 Å². The van der Waals surface area contributed by atoms with E-state index in [9.17, 15) is 9.18 Å². The number of hydrogen-bond acceptors (Lipinski definition) is 4. The number of aromatic nitrogens is 1. The van der Waals surface area contributed by atoms with Crippen LogP contribution >= 0.6 is 22.9 Å². The number of carboxylic acids is 1. The highest BCUT2D eigenvalue weighted by Crippen LogP contribution is 2.33. The summed E-state index contributed by atoms with van der Waals surface area (Å²) >= 11 is 7.53. The van der Waals surface area contributed by atoms with E-state index in [2.05, 4.69) is 10.3 Å². The van der Waals surface area contributed by atoms with Crippen molar-refractivity contribution in [1.29, 1.82) is 0 Å². The molecule has 0 aliphatic carbocycles. The summed E-state index contributed by atoms with van der Waals surface area (Å²) in [5.74, 6) is -1.85. The van der Waals surface area contributed by atoms with Gasteiger partial charge in [0.1, 0.15) is 5.82 Å². The van der Waals surface area contributed by atoms with Gasteiger partial charge in [0.2, 0.25) is 0 Å². The third-order valence-electron chi connectivity index (χ3n) is 3.46. The number of hydrogen-bond donors (Lipinski definition) is 2. The number of anilines is 2. The minimum atomic E-state index is -0.907. The van der Waals surface area contributed by atoms with Gasteiger partial charge in [-0.3, -0.25) is 4.79 Å². The molecule has 118 valence electrons. The summed E-state index contributed by atoms with van der Waals surface area (Å²) in [5.41, 5.74) is 1.94. The molecule has 4 nitrogen and oxygen atoms in total. The van der Waals surface area contributed by atoms with E-state index in [0.29, 0.717) is 26.9 Å². The van der Waals surface area contributed by atoms with Crippen molar-refractivity contribution >= 4 is 49.9 Å². The van der Waals surface area contributed by atoms with Gasteiger partial charge in [0.15, 0.2) is 5.13 Å². The number of halogens is 2. The Balaban J connectivity index is 1.88. The number of carbonyl (C=O) groups is 1. The molecule has 0 saturated carbocycles. The fourth-order valence-corrected chi connectivity index (χ4v) is 3.25. The van der Waals surface area contributed by atoms with Gasteiger partial charge in [-0.25, -0.2) is 9.37 Å². The summed E-state index contributed by atoms with van der Waals surface area (Å²) in [5, 5.41) is 13.1. The lowest BCUT2D eigenvalue weighted by atomic mass is 10.0. The van der Waals surface area contributed by atoms with Crippen LogP contribution in [0.4, 0.5) is 15.2 Å². The Kier molecular flexibility index (Phi) is 4.19. The lowest BCUT2D eigenvalue weighted by molar-refractivity contribution is -0.138. The van der Waals surface area contributed by atoms with Crippen LogP contribution < -0.4 is 5.32 Å². The van der Waals surface area contributed by atoms with Crippen LogP contribution in [0.3, 0.4) is 0 Å². The second-order valence-electron chi connectivity index (χ2n) is 5.06. The highest BCUT2D eigenvalue weighted by atomic mass is 35.5. The Bertz CT molecular complexity index is 897. The van der Waals surface area contributed by atoms with E-state index in [0.717, 1.165) is 4.70 Å². The molecule has 3 rings (SSSR count). The first kappa shape index (κ1) is 15.7. The largest absolute Gasteiger partial charge is 0.481 e. The van der Waals surface area contributed by atoms with Gasteiger partial charge in [-0.15, -0.1) is 0 Å². The number of nitrogens with zero attached hydrogens (tertiary/aromatic N) is 1. The molecule has 0 amide bonds. The molecule has 0 saturated heterocycles. The van der Waals surface area contributed by atoms with E-state index in [1.807, 2.05) is 0 Å². The predicted molar refractivity (Wildman–Crippen MR) is 90.4 cm³/mol. The van der Waals surface area contributed by atoms with Crippen LogP contribution in [0.2, 0.25) is 5.02 Å². The number of rotatable bonds is 4. The van der Waals surface area contributed by atoms with Crippen LogP contribution in [0, 0.1) is 5.82 Å². The molecule has 3 aromatic rings. The van der Waals surface area contributed by atoms with Crippen molar-refractivity contribution in [3.05, 3.63) is 52.8 Å². The minimum absolute atomic E-state index is 0.308.